The number of methoxy groups -OCH3 is 1. The molecular weight excluding hydrogens is 340 g/mol. The van der Waals surface area contributed by atoms with Crippen LogP contribution in [0.25, 0.3) is 11.0 Å². The molecule has 0 saturated heterocycles. The van der Waals surface area contributed by atoms with Gasteiger partial charge in [0.15, 0.2) is 0 Å². The molecule has 1 fully saturated rings. The second-order valence-electron chi connectivity index (χ2n) is 6.80. The molecule has 1 heterocycles. The smallest absolute Gasteiger partial charge is 0.220 e. The van der Waals surface area contributed by atoms with E-state index in [0.717, 1.165) is 47.3 Å². The topological polar surface area (TPSA) is 77.5 Å². The quantitative estimate of drug-likeness (QED) is 0.842. The van der Waals surface area contributed by atoms with E-state index in [9.17, 15) is 4.79 Å². The SMILES string of the molecule is COc1ccc2oc(C(C)NC(=O)C[C@@H]3CCC[C@H]3N)c(C)c2c1.Cl. The Morgan fingerprint density at radius 3 is 2.84 bits per heavy atom. The van der Waals surface area contributed by atoms with Crippen molar-refractivity contribution in [3.05, 3.63) is 29.5 Å². The average molecular weight is 367 g/mol. The number of nitrogens with two attached hydrogens (primary N) is 1. The molecule has 0 spiro atoms. The first-order valence-corrected chi connectivity index (χ1v) is 8.61. The molecule has 0 aliphatic heterocycles. The maximum absolute atomic E-state index is 12.3. The van der Waals surface area contributed by atoms with E-state index in [2.05, 4.69) is 5.32 Å². The molecule has 1 aliphatic rings. The highest BCUT2D eigenvalue weighted by atomic mass is 35.5. The Balaban J connectivity index is 0.00000225. The molecule has 1 aliphatic carbocycles. The van der Waals surface area contributed by atoms with Crippen molar-refractivity contribution >= 4 is 29.3 Å². The van der Waals surface area contributed by atoms with Gasteiger partial charge >= 0.3 is 0 Å². The summed E-state index contributed by atoms with van der Waals surface area (Å²) < 4.78 is 11.2. The lowest BCUT2D eigenvalue weighted by atomic mass is 9.99. The van der Waals surface area contributed by atoms with Crippen LogP contribution >= 0.6 is 12.4 Å². The van der Waals surface area contributed by atoms with E-state index in [1.165, 1.54) is 0 Å². The molecule has 1 aromatic heterocycles. The number of rotatable bonds is 5. The molecule has 0 radical (unpaired) electrons. The number of carbonyl (C=O) groups excluding carboxylic acids is 1. The van der Waals surface area contributed by atoms with Crippen molar-refractivity contribution < 1.29 is 13.9 Å². The van der Waals surface area contributed by atoms with E-state index in [-0.39, 0.29) is 30.4 Å². The maximum Gasteiger partial charge on any atom is 0.220 e. The third-order valence-corrected chi connectivity index (χ3v) is 5.12. The van der Waals surface area contributed by atoms with Crippen molar-refractivity contribution in [1.82, 2.24) is 5.32 Å². The molecule has 5 nitrogen and oxygen atoms in total. The number of aryl methyl sites for hydroxylation is 1. The van der Waals surface area contributed by atoms with Crippen molar-refractivity contribution in [2.24, 2.45) is 11.7 Å². The molecule has 3 rings (SSSR count). The van der Waals surface area contributed by atoms with Crippen LogP contribution in [0, 0.1) is 12.8 Å². The second-order valence-corrected chi connectivity index (χ2v) is 6.80. The van der Waals surface area contributed by atoms with E-state index >= 15 is 0 Å². The van der Waals surface area contributed by atoms with Gasteiger partial charge in [-0.25, -0.2) is 0 Å². The Morgan fingerprint density at radius 2 is 2.20 bits per heavy atom. The lowest BCUT2D eigenvalue weighted by molar-refractivity contribution is -0.122. The zero-order chi connectivity index (χ0) is 17.3. The zero-order valence-electron chi connectivity index (χ0n) is 15.0. The van der Waals surface area contributed by atoms with E-state index < -0.39 is 0 Å². The second kappa shape index (κ2) is 8.11. The summed E-state index contributed by atoms with van der Waals surface area (Å²) in [6.45, 7) is 3.96. The number of benzene rings is 1. The third kappa shape index (κ3) is 4.10. The fourth-order valence-corrected chi connectivity index (χ4v) is 3.68. The third-order valence-electron chi connectivity index (χ3n) is 5.12. The van der Waals surface area contributed by atoms with Gasteiger partial charge in [0, 0.05) is 23.4 Å². The van der Waals surface area contributed by atoms with Crippen LogP contribution in [0.1, 0.15) is 50.0 Å². The molecule has 6 heteroatoms. The van der Waals surface area contributed by atoms with Gasteiger partial charge in [0.2, 0.25) is 5.91 Å². The highest BCUT2D eigenvalue weighted by Gasteiger charge is 2.27. The minimum Gasteiger partial charge on any atom is -0.497 e. The molecule has 1 saturated carbocycles. The van der Waals surface area contributed by atoms with Crippen LogP contribution in [-0.2, 0) is 4.79 Å². The summed E-state index contributed by atoms with van der Waals surface area (Å²) >= 11 is 0. The highest BCUT2D eigenvalue weighted by molar-refractivity contribution is 5.85. The first kappa shape index (κ1) is 19.6. The normalized spacial score (nSPS) is 21.0. The van der Waals surface area contributed by atoms with Crippen LogP contribution < -0.4 is 15.8 Å². The number of hydrogen-bond donors (Lipinski definition) is 2. The Labute approximate surface area is 154 Å². The van der Waals surface area contributed by atoms with Crippen LogP contribution in [0.5, 0.6) is 5.75 Å². The average Bonchev–Trinajstić information content (AvgIpc) is 3.11. The summed E-state index contributed by atoms with van der Waals surface area (Å²) in [6.07, 6.45) is 3.70. The van der Waals surface area contributed by atoms with E-state index in [0.29, 0.717) is 12.3 Å². The largest absolute Gasteiger partial charge is 0.497 e. The number of carbonyl (C=O) groups is 1. The van der Waals surface area contributed by atoms with E-state index in [1.54, 1.807) is 7.11 Å². The lowest BCUT2D eigenvalue weighted by Crippen LogP contribution is -2.32. The van der Waals surface area contributed by atoms with Crippen molar-refractivity contribution in [3.8, 4) is 5.75 Å². The molecular formula is C19H27ClN2O3. The Morgan fingerprint density at radius 1 is 1.44 bits per heavy atom. The Bertz CT molecular complexity index is 744. The van der Waals surface area contributed by atoms with Crippen LogP contribution in [0.15, 0.2) is 22.6 Å². The fraction of sp³-hybridized carbons (Fsp3) is 0.526. The van der Waals surface area contributed by atoms with Crippen molar-refractivity contribution in [2.75, 3.05) is 7.11 Å². The zero-order valence-corrected chi connectivity index (χ0v) is 15.8. The molecule has 25 heavy (non-hydrogen) atoms. The molecule has 2 aromatic rings. The number of halogens is 1. The summed E-state index contributed by atoms with van der Waals surface area (Å²) in [5.41, 5.74) is 7.91. The van der Waals surface area contributed by atoms with Crippen LogP contribution in [0.2, 0.25) is 0 Å². The number of nitrogens with one attached hydrogen (secondary N) is 1. The molecule has 1 amide bonds. The van der Waals surface area contributed by atoms with Gasteiger partial charge in [-0.05, 0) is 50.8 Å². The number of fused-ring (bicyclic) bond motifs is 1. The van der Waals surface area contributed by atoms with Gasteiger partial charge in [0.25, 0.3) is 0 Å². The lowest BCUT2D eigenvalue weighted by Gasteiger charge is -2.17. The van der Waals surface area contributed by atoms with Gasteiger partial charge in [-0.15, -0.1) is 12.4 Å². The predicted molar refractivity (Wildman–Crippen MR) is 101 cm³/mol. The standard InChI is InChI=1S/C19H26N2O3.ClH/c1-11-15-10-14(23-3)7-8-17(15)24-19(11)12(2)21-18(22)9-13-5-4-6-16(13)20;/h7-8,10,12-13,16H,4-6,9,20H2,1-3H3,(H,21,22);1H/t12?,13-,16+;/m0./s1. The summed E-state index contributed by atoms with van der Waals surface area (Å²) in [5.74, 6) is 1.94. The first-order chi connectivity index (χ1) is 11.5. The van der Waals surface area contributed by atoms with Gasteiger partial charge in [-0.2, -0.15) is 0 Å². The number of hydrogen-bond acceptors (Lipinski definition) is 4. The summed E-state index contributed by atoms with van der Waals surface area (Å²) in [5, 5.41) is 4.07. The number of furan rings is 1. The van der Waals surface area contributed by atoms with Crippen molar-refractivity contribution in [1.29, 1.82) is 0 Å². The van der Waals surface area contributed by atoms with Crippen molar-refractivity contribution in [3.63, 3.8) is 0 Å². The van der Waals surface area contributed by atoms with Gasteiger partial charge < -0.3 is 20.2 Å². The molecule has 1 unspecified atom stereocenters. The number of amides is 1. The first-order valence-electron chi connectivity index (χ1n) is 8.61. The minimum absolute atomic E-state index is 0. The minimum atomic E-state index is -0.173. The van der Waals surface area contributed by atoms with Gasteiger partial charge in [0.1, 0.15) is 17.1 Å². The van der Waals surface area contributed by atoms with E-state index in [4.69, 9.17) is 14.9 Å². The van der Waals surface area contributed by atoms with E-state index in [1.807, 2.05) is 32.0 Å². The maximum atomic E-state index is 12.3. The van der Waals surface area contributed by atoms with Crippen molar-refractivity contribution in [2.45, 2.75) is 51.6 Å². The van der Waals surface area contributed by atoms with Gasteiger partial charge in [0.05, 0.1) is 13.2 Å². The summed E-state index contributed by atoms with van der Waals surface area (Å²) in [7, 11) is 1.65. The van der Waals surface area contributed by atoms with Crippen LogP contribution in [0.3, 0.4) is 0 Å². The van der Waals surface area contributed by atoms with Crippen LogP contribution in [0.4, 0.5) is 0 Å². The number of ether oxygens (including phenoxy) is 1. The van der Waals surface area contributed by atoms with Crippen LogP contribution in [-0.4, -0.2) is 19.1 Å². The Hall–Kier alpha value is -1.72. The fourth-order valence-electron chi connectivity index (χ4n) is 3.68. The van der Waals surface area contributed by atoms with Gasteiger partial charge in [-0.3, -0.25) is 4.79 Å². The monoisotopic (exact) mass is 366 g/mol. The summed E-state index contributed by atoms with van der Waals surface area (Å²) in [6, 6.07) is 5.72. The molecule has 3 N–H and O–H groups in total. The molecule has 1 aromatic carbocycles. The molecule has 0 bridgehead atoms. The highest BCUT2D eigenvalue weighted by Crippen LogP contribution is 2.32. The Kier molecular flexibility index (Phi) is 6.36. The van der Waals surface area contributed by atoms with Gasteiger partial charge in [-0.1, -0.05) is 6.42 Å². The predicted octanol–water partition coefficient (Wildman–Crippen LogP) is 3.87. The molecule has 3 atom stereocenters. The summed E-state index contributed by atoms with van der Waals surface area (Å²) in [4.78, 5) is 12.3. The molecule has 138 valence electrons.